The van der Waals surface area contributed by atoms with Gasteiger partial charge in [0.15, 0.2) is 17.1 Å². The lowest BCUT2D eigenvalue weighted by Gasteiger charge is -2.12. The SMILES string of the molecule is COc1ccc(OCc2nc3c4c(C)c(C)n(-c5ccccc5OC)c4ncn3n2)cc1. The normalized spacial score (nSPS) is 11.2. The molecular weight excluding hydrogens is 406 g/mol. The van der Waals surface area contributed by atoms with Crippen LogP contribution in [0.1, 0.15) is 17.1 Å². The van der Waals surface area contributed by atoms with Crippen LogP contribution in [0, 0.1) is 13.8 Å². The summed E-state index contributed by atoms with van der Waals surface area (Å²) in [5.41, 5.74) is 4.66. The molecule has 0 fully saturated rings. The number of benzene rings is 2. The van der Waals surface area contributed by atoms with Crippen LogP contribution in [0.15, 0.2) is 54.9 Å². The van der Waals surface area contributed by atoms with E-state index in [1.807, 2.05) is 48.5 Å². The van der Waals surface area contributed by atoms with Crippen molar-refractivity contribution in [3.05, 3.63) is 71.9 Å². The summed E-state index contributed by atoms with van der Waals surface area (Å²) in [4.78, 5) is 9.47. The Morgan fingerprint density at radius 3 is 2.38 bits per heavy atom. The van der Waals surface area contributed by atoms with Gasteiger partial charge in [0.25, 0.3) is 0 Å². The predicted molar refractivity (Wildman–Crippen MR) is 121 cm³/mol. The minimum atomic E-state index is 0.251. The highest BCUT2D eigenvalue weighted by Crippen LogP contribution is 2.33. The maximum atomic E-state index is 5.86. The van der Waals surface area contributed by atoms with Crippen molar-refractivity contribution < 1.29 is 14.2 Å². The standard InChI is InChI=1S/C24H23N5O3/c1-15-16(2)29(19-7-5-6-8-20(19)31-4)23-22(15)24-26-21(27-28(24)14-25-23)13-32-18-11-9-17(30-3)10-12-18/h5-12,14H,13H2,1-4H3. The van der Waals surface area contributed by atoms with Gasteiger partial charge in [-0.1, -0.05) is 12.1 Å². The number of aryl methyl sites for hydroxylation is 1. The lowest BCUT2D eigenvalue weighted by Crippen LogP contribution is -2.01. The van der Waals surface area contributed by atoms with Gasteiger partial charge in [-0.3, -0.25) is 4.57 Å². The molecule has 32 heavy (non-hydrogen) atoms. The van der Waals surface area contributed by atoms with Gasteiger partial charge in [0.1, 0.15) is 30.2 Å². The van der Waals surface area contributed by atoms with Gasteiger partial charge in [-0.05, 0) is 55.8 Å². The molecule has 3 aromatic heterocycles. The molecule has 0 aliphatic carbocycles. The first-order valence-corrected chi connectivity index (χ1v) is 10.2. The molecule has 0 saturated carbocycles. The Hall–Kier alpha value is -4.07. The second-order valence-corrected chi connectivity index (χ2v) is 7.42. The number of fused-ring (bicyclic) bond motifs is 3. The van der Waals surface area contributed by atoms with E-state index in [9.17, 15) is 0 Å². The maximum Gasteiger partial charge on any atom is 0.189 e. The number of para-hydroxylation sites is 2. The summed E-state index contributed by atoms with van der Waals surface area (Å²) in [6.45, 7) is 4.40. The van der Waals surface area contributed by atoms with E-state index in [4.69, 9.17) is 24.2 Å². The molecule has 0 unspecified atom stereocenters. The summed E-state index contributed by atoms with van der Waals surface area (Å²) < 4.78 is 20.4. The van der Waals surface area contributed by atoms with Crippen molar-refractivity contribution >= 4 is 16.7 Å². The van der Waals surface area contributed by atoms with Crippen molar-refractivity contribution in [1.29, 1.82) is 0 Å². The van der Waals surface area contributed by atoms with Crippen molar-refractivity contribution in [3.63, 3.8) is 0 Å². The Morgan fingerprint density at radius 2 is 1.62 bits per heavy atom. The van der Waals surface area contributed by atoms with Crippen LogP contribution in [0.5, 0.6) is 17.2 Å². The van der Waals surface area contributed by atoms with Gasteiger partial charge < -0.3 is 14.2 Å². The molecule has 5 rings (SSSR count). The first-order chi connectivity index (χ1) is 15.6. The molecule has 2 aromatic carbocycles. The number of hydrogen-bond acceptors (Lipinski definition) is 6. The summed E-state index contributed by atoms with van der Waals surface area (Å²) in [5, 5.41) is 5.52. The van der Waals surface area contributed by atoms with Crippen LogP contribution in [0.3, 0.4) is 0 Å². The van der Waals surface area contributed by atoms with Gasteiger partial charge >= 0.3 is 0 Å². The van der Waals surface area contributed by atoms with E-state index >= 15 is 0 Å². The van der Waals surface area contributed by atoms with E-state index in [1.54, 1.807) is 25.1 Å². The minimum Gasteiger partial charge on any atom is -0.497 e. The van der Waals surface area contributed by atoms with Crippen molar-refractivity contribution in [2.24, 2.45) is 0 Å². The lowest BCUT2D eigenvalue weighted by molar-refractivity contribution is 0.295. The van der Waals surface area contributed by atoms with Crippen LogP contribution in [-0.4, -0.2) is 38.4 Å². The van der Waals surface area contributed by atoms with Crippen LogP contribution in [0.2, 0.25) is 0 Å². The highest BCUT2D eigenvalue weighted by molar-refractivity contribution is 5.95. The molecule has 0 atom stereocenters. The fraction of sp³-hybridized carbons (Fsp3) is 0.208. The van der Waals surface area contributed by atoms with Gasteiger partial charge in [0.05, 0.1) is 25.3 Å². The summed E-state index contributed by atoms with van der Waals surface area (Å²) in [7, 11) is 3.31. The fourth-order valence-corrected chi connectivity index (χ4v) is 3.90. The van der Waals surface area contributed by atoms with Gasteiger partial charge in [-0.25, -0.2) is 14.5 Å². The zero-order valence-electron chi connectivity index (χ0n) is 18.4. The van der Waals surface area contributed by atoms with E-state index in [1.165, 1.54) is 0 Å². The Labute approximate surface area is 185 Å². The number of rotatable bonds is 6. The van der Waals surface area contributed by atoms with E-state index in [-0.39, 0.29) is 6.61 Å². The van der Waals surface area contributed by atoms with Gasteiger partial charge in [0, 0.05) is 5.69 Å². The number of methoxy groups -OCH3 is 2. The number of ether oxygens (including phenoxy) is 3. The first kappa shape index (κ1) is 19.9. The molecule has 0 aliphatic heterocycles. The molecule has 0 radical (unpaired) electrons. The average Bonchev–Trinajstić information content (AvgIpc) is 3.36. The number of nitrogens with zero attached hydrogens (tertiary/aromatic N) is 5. The zero-order valence-corrected chi connectivity index (χ0v) is 18.4. The molecular formula is C24H23N5O3. The largest absolute Gasteiger partial charge is 0.497 e. The molecule has 0 saturated heterocycles. The fourth-order valence-electron chi connectivity index (χ4n) is 3.90. The third-order valence-electron chi connectivity index (χ3n) is 5.63. The maximum absolute atomic E-state index is 5.86. The van der Waals surface area contributed by atoms with Gasteiger partial charge in [-0.2, -0.15) is 0 Å². The summed E-state index contributed by atoms with van der Waals surface area (Å²) in [6.07, 6.45) is 1.69. The Morgan fingerprint density at radius 1 is 0.875 bits per heavy atom. The molecule has 0 N–H and O–H groups in total. The first-order valence-electron chi connectivity index (χ1n) is 10.2. The van der Waals surface area contributed by atoms with E-state index in [0.717, 1.165) is 50.9 Å². The molecule has 5 aromatic rings. The summed E-state index contributed by atoms with van der Waals surface area (Å²) in [6, 6.07) is 15.3. The van der Waals surface area contributed by atoms with Crippen molar-refractivity contribution in [2.75, 3.05) is 14.2 Å². The third-order valence-corrected chi connectivity index (χ3v) is 5.63. The van der Waals surface area contributed by atoms with Gasteiger partial charge in [-0.15, -0.1) is 5.10 Å². The molecule has 162 valence electrons. The molecule has 8 heteroatoms. The topological polar surface area (TPSA) is 75.7 Å². The van der Waals surface area contributed by atoms with Crippen molar-refractivity contribution in [2.45, 2.75) is 20.5 Å². The highest BCUT2D eigenvalue weighted by Gasteiger charge is 2.20. The Kier molecular flexibility index (Phi) is 4.89. The van der Waals surface area contributed by atoms with E-state index in [2.05, 4.69) is 23.5 Å². The highest BCUT2D eigenvalue weighted by atomic mass is 16.5. The van der Waals surface area contributed by atoms with Crippen LogP contribution in [0.4, 0.5) is 0 Å². The van der Waals surface area contributed by atoms with Crippen LogP contribution < -0.4 is 14.2 Å². The molecule has 3 heterocycles. The van der Waals surface area contributed by atoms with E-state index < -0.39 is 0 Å². The Balaban J connectivity index is 1.56. The second kappa shape index (κ2) is 7.88. The monoisotopic (exact) mass is 429 g/mol. The molecule has 0 spiro atoms. The average molecular weight is 429 g/mol. The second-order valence-electron chi connectivity index (χ2n) is 7.42. The smallest absolute Gasteiger partial charge is 0.189 e. The lowest BCUT2D eigenvalue weighted by atomic mass is 10.2. The molecule has 0 aliphatic rings. The zero-order chi connectivity index (χ0) is 22.2. The van der Waals surface area contributed by atoms with Crippen LogP contribution in [0.25, 0.3) is 22.4 Å². The van der Waals surface area contributed by atoms with Crippen molar-refractivity contribution in [3.8, 4) is 22.9 Å². The third kappa shape index (κ3) is 3.20. The van der Waals surface area contributed by atoms with Gasteiger partial charge in [0.2, 0.25) is 0 Å². The number of aromatic nitrogens is 5. The number of hydrogen-bond donors (Lipinski definition) is 0. The predicted octanol–water partition coefficient (Wildman–Crippen LogP) is 4.28. The quantitative estimate of drug-likeness (QED) is 0.401. The van der Waals surface area contributed by atoms with Crippen molar-refractivity contribution in [1.82, 2.24) is 24.1 Å². The molecule has 0 bridgehead atoms. The van der Waals surface area contributed by atoms with Crippen LogP contribution in [-0.2, 0) is 6.61 Å². The van der Waals surface area contributed by atoms with E-state index in [0.29, 0.717) is 5.82 Å². The summed E-state index contributed by atoms with van der Waals surface area (Å²) in [5.74, 6) is 2.87. The minimum absolute atomic E-state index is 0.251. The van der Waals surface area contributed by atoms with Crippen LogP contribution >= 0.6 is 0 Å². The molecule has 0 amide bonds. The summed E-state index contributed by atoms with van der Waals surface area (Å²) >= 11 is 0. The molecule has 8 nitrogen and oxygen atoms in total. The Bertz CT molecular complexity index is 1420.